The van der Waals surface area contributed by atoms with Crippen molar-refractivity contribution in [3.63, 3.8) is 0 Å². The van der Waals surface area contributed by atoms with Gasteiger partial charge in [-0.05, 0) is 37.6 Å². The quantitative estimate of drug-likeness (QED) is 0.609. The number of benzene rings is 1. The summed E-state index contributed by atoms with van der Waals surface area (Å²) in [6, 6.07) is 12.4. The van der Waals surface area contributed by atoms with Gasteiger partial charge in [-0.15, -0.1) is 0 Å². The number of anilines is 1. The number of nitriles is 1. The van der Waals surface area contributed by atoms with E-state index in [2.05, 4.69) is 47.3 Å². The molecule has 128 valence electrons. The molecule has 5 heteroatoms. The molecule has 4 rings (SSSR count). The first-order chi connectivity index (χ1) is 12.7. The fourth-order valence-corrected chi connectivity index (χ4v) is 3.36. The van der Waals surface area contributed by atoms with E-state index in [-0.39, 0.29) is 0 Å². The van der Waals surface area contributed by atoms with E-state index in [0.717, 1.165) is 45.5 Å². The number of nitrogens with zero attached hydrogens (tertiary/aromatic N) is 4. The van der Waals surface area contributed by atoms with Crippen molar-refractivity contribution in [2.75, 3.05) is 11.9 Å². The van der Waals surface area contributed by atoms with E-state index in [1.165, 1.54) is 0 Å². The molecular weight excluding hydrogens is 322 g/mol. The van der Waals surface area contributed by atoms with Gasteiger partial charge in [0.1, 0.15) is 11.7 Å². The fourth-order valence-electron chi connectivity index (χ4n) is 3.36. The van der Waals surface area contributed by atoms with Crippen LogP contribution in [0.2, 0.25) is 0 Å². The summed E-state index contributed by atoms with van der Waals surface area (Å²) in [5.74, 6) is 0. The second kappa shape index (κ2) is 6.49. The van der Waals surface area contributed by atoms with E-state index >= 15 is 0 Å². The van der Waals surface area contributed by atoms with Crippen LogP contribution in [0.15, 0.2) is 48.9 Å². The van der Waals surface area contributed by atoms with Crippen LogP contribution in [0.1, 0.15) is 22.4 Å². The van der Waals surface area contributed by atoms with E-state index in [0.29, 0.717) is 12.1 Å². The van der Waals surface area contributed by atoms with Gasteiger partial charge in [-0.1, -0.05) is 17.7 Å². The van der Waals surface area contributed by atoms with Crippen molar-refractivity contribution in [1.29, 1.82) is 5.26 Å². The number of nitrogens with one attached hydrogen (secondary N) is 1. The van der Waals surface area contributed by atoms with Crippen molar-refractivity contribution in [1.82, 2.24) is 14.4 Å². The number of imidazole rings is 1. The van der Waals surface area contributed by atoms with Gasteiger partial charge in [-0.25, -0.2) is 4.98 Å². The molecule has 0 unspecified atom stereocenters. The minimum atomic E-state index is 0.567. The smallest absolute Gasteiger partial charge is 0.136 e. The highest BCUT2D eigenvalue weighted by Gasteiger charge is 2.11. The Morgan fingerprint density at radius 2 is 2.12 bits per heavy atom. The molecule has 3 aromatic heterocycles. The molecule has 0 bridgehead atoms. The molecule has 0 atom stereocenters. The van der Waals surface area contributed by atoms with Crippen LogP contribution in [0.25, 0.3) is 16.6 Å². The van der Waals surface area contributed by atoms with Crippen LogP contribution in [0.5, 0.6) is 0 Å². The van der Waals surface area contributed by atoms with Crippen molar-refractivity contribution in [2.45, 2.75) is 20.3 Å². The largest absolute Gasteiger partial charge is 0.383 e. The Hall–Kier alpha value is -3.39. The Morgan fingerprint density at radius 3 is 2.92 bits per heavy atom. The first-order valence-electron chi connectivity index (χ1n) is 8.62. The minimum absolute atomic E-state index is 0.567. The molecule has 0 spiro atoms. The summed E-state index contributed by atoms with van der Waals surface area (Å²) >= 11 is 0. The second-order valence-corrected chi connectivity index (χ2v) is 6.51. The normalized spacial score (nSPS) is 11.0. The number of rotatable bonds is 4. The maximum atomic E-state index is 9.48. The second-order valence-electron chi connectivity index (χ2n) is 6.51. The summed E-state index contributed by atoms with van der Waals surface area (Å²) in [4.78, 5) is 9.09. The average molecular weight is 341 g/mol. The number of hydrogen-bond acceptors (Lipinski definition) is 4. The van der Waals surface area contributed by atoms with Gasteiger partial charge in [-0.3, -0.25) is 4.98 Å². The molecule has 3 heterocycles. The monoisotopic (exact) mass is 341 g/mol. The molecule has 0 amide bonds. The fraction of sp³-hybridized carbons (Fsp3) is 0.190. The molecule has 0 fully saturated rings. The Balaban J connectivity index is 1.63. The molecule has 5 nitrogen and oxygen atoms in total. The van der Waals surface area contributed by atoms with Crippen molar-refractivity contribution in [3.05, 3.63) is 71.3 Å². The van der Waals surface area contributed by atoms with Gasteiger partial charge in [0.2, 0.25) is 0 Å². The summed E-state index contributed by atoms with van der Waals surface area (Å²) in [6.07, 6.45) is 6.47. The number of fused-ring (bicyclic) bond motifs is 2. The Kier molecular flexibility index (Phi) is 4.02. The van der Waals surface area contributed by atoms with Gasteiger partial charge in [0, 0.05) is 36.9 Å². The van der Waals surface area contributed by atoms with Gasteiger partial charge < -0.3 is 9.72 Å². The summed E-state index contributed by atoms with van der Waals surface area (Å²) in [5.41, 5.74) is 6.60. The Labute approximate surface area is 151 Å². The number of aromatic nitrogens is 3. The molecule has 0 saturated carbocycles. The third-order valence-corrected chi connectivity index (χ3v) is 4.52. The Morgan fingerprint density at radius 1 is 1.23 bits per heavy atom. The lowest BCUT2D eigenvalue weighted by molar-refractivity contribution is 0.979. The predicted molar refractivity (Wildman–Crippen MR) is 103 cm³/mol. The number of pyridine rings is 2. The predicted octanol–water partition coefficient (Wildman–Crippen LogP) is 4.03. The maximum absolute atomic E-state index is 9.48. The molecule has 0 radical (unpaired) electrons. The van der Waals surface area contributed by atoms with Crippen LogP contribution >= 0.6 is 0 Å². The van der Waals surface area contributed by atoms with E-state index in [9.17, 15) is 5.26 Å². The minimum Gasteiger partial charge on any atom is -0.383 e. The summed E-state index contributed by atoms with van der Waals surface area (Å²) in [5, 5.41) is 13.9. The lowest BCUT2D eigenvalue weighted by Crippen LogP contribution is -2.08. The first-order valence-corrected chi connectivity index (χ1v) is 8.62. The van der Waals surface area contributed by atoms with Crippen LogP contribution in [0.3, 0.4) is 0 Å². The van der Waals surface area contributed by atoms with Gasteiger partial charge >= 0.3 is 0 Å². The van der Waals surface area contributed by atoms with E-state index < -0.39 is 0 Å². The van der Waals surface area contributed by atoms with Gasteiger partial charge in [0.05, 0.1) is 22.5 Å². The van der Waals surface area contributed by atoms with E-state index in [4.69, 9.17) is 0 Å². The SMILES string of the molecule is Cc1cc(C)c2ncc(C#N)c(NCCc3cn4ccccc4n3)c2c1. The van der Waals surface area contributed by atoms with E-state index in [1.54, 1.807) is 6.20 Å². The van der Waals surface area contributed by atoms with Gasteiger partial charge in [-0.2, -0.15) is 5.26 Å². The number of aryl methyl sites for hydroxylation is 2. The summed E-state index contributed by atoms with van der Waals surface area (Å²) in [6.45, 7) is 4.81. The van der Waals surface area contributed by atoms with Gasteiger partial charge in [0.25, 0.3) is 0 Å². The highest BCUT2D eigenvalue weighted by Crippen LogP contribution is 2.28. The number of hydrogen-bond donors (Lipinski definition) is 1. The van der Waals surface area contributed by atoms with Crippen molar-refractivity contribution >= 4 is 22.2 Å². The molecule has 0 saturated heterocycles. The van der Waals surface area contributed by atoms with Gasteiger partial charge in [0.15, 0.2) is 0 Å². The lowest BCUT2D eigenvalue weighted by Gasteiger charge is -2.13. The van der Waals surface area contributed by atoms with Crippen LogP contribution in [0.4, 0.5) is 5.69 Å². The Bertz CT molecular complexity index is 1120. The van der Waals surface area contributed by atoms with Crippen LogP contribution < -0.4 is 5.32 Å². The topological polar surface area (TPSA) is 66.0 Å². The zero-order chi connectivity index (χ0) is 18.1. The zero-order valence-corrected chi connectivity index (χ0v) is 14.8. The standard InChI is InChI=1S/C21H19N5/c1-14-9-15(2)20-18(10-14)21(16(11-22)12-24-20)23-7-6-17-13-26-8-4-3-5-19(26)25-17/h3-5,8-10,12-13H,6-7H2,1-2H3,(H,23,24). The molecule has 0 aliphatic rings. The zero-order valence-electron chi connectivity index (χ0n) is 14.8. The van der Waals surface area contributed by atoms with Crippen molar-refractivity contribution < 1.29 is 0 Å². The maximum Gasteiger partial charge on any atom is 0.136 e. The third-order valence-electron chi connectivity index (χ3n) is 4.52. The molecule has 4 aromatic rings. The molecule has 1 N–H and O–H groups in total. The molecule has 0 aliphatic carbocycles. The molecule has 1 aromatic carbocycles. The van der Waals surface area contributed by atoms with Crippen LogP contribution in [0, 0.1) is 25.2 Å². The highest BCUT2D eigenvalue weighted by atomic mass is 15.0. The summed E-state index contributed by atoms with van der Waals surface area (Å²) in [7, 11) is 0. The average Bonchev–Trinajstić information content (AvgIpc) is 3.04. The lowest BCUT2D eigenvalue weighted by atomic mass is 10.0. The molecular formula is C21H19N5. The first kappa shape index (κ1) is 16.1. The van der Waals surface area contributed by atoms with Crippen molar-refractivity contribution in [2.24, 2.45) is 0 Å². The third kappa shape index (κ3) is 2.86. The summed E-state index contributed by atoms with van der Waals surface area (Å²) < 4.78 is 2.02. The highest BCUT2D eigenvalue weighted by molar-refractivity contribution is 5.96. The molecule has 0 aliphatic heterocycles. The van der Waals surface area contributed by atoms with E-state index in [1.807, 2.05) is 35.0 Å². The molecule has 26 heavy (non-hydrogen) atoms. The van der Waals surface area contributed by atoms with Crippen LogP contribution in [-0.2, 0) is 6.42 Å². The van der Waals surface area contributed by atoms with Crippen LogP contribution in [-0.4, -0.2) is 20.9 Å². The van der Waals surface area contributed by atoms with Crippen molar-refractivity contribution in [3.8, 4) is 6.07 Å².